The minimum Gasteiger partial charge on any atom is -0.393 e. The number of aliphatic hydroxyl groups is 1. The Hall–Kier alpha value is -3.10. The number of aromatic amines is 1. The standard InChI is InChI=1S/C25H26F2N4O2/c1-15-14-25(15,31-10-8-18(32)9-11-31)24(33)28-23-12-19-21(29-30-22(19)13-20(23)27)7-4-16-2-5-17(26)6-3-16/h2-7,12-13,15,18,32H,8-11,14H2,1H3,(H,28,33)(H,29,30)/b7-4+. The highest BCUT2D eigenvalue weighted by atomic mass is 19.1. The average Bonchev–Trinajstić information content (AvgIpc) is 3.34. The monoisotopic (exact) mass is 452 g/mol. The van der Waals surface area contributed by atoms with Gasteiger partial charge in [-0.2, -0.15) is 5.10 Å². The summed E-state index contributed by atoms with van der Waals surface area (Å²) in [6.07, 6.45) is 5.23. The zero-order valence-electron chi connectivity index (χ0n) is 18.3. The maximum absolute atomic E-state index is 14.8. The molecule has 3 N–H and O–H groups in total. The van der Waals surface area contributed by atoms with E-state index in [4.69, 9.17) is 0 Å². The number of carbonyl (C=O) groups excluding carboxylic acids is 1. The predicted octanol–water partition coefficient (Wildman–Crippen LogP) is 4.19. The number of anilines is 1. The Labute approximate surface area is 190 Å². The van der Waals surface area contributed by atoms with E-state index in [2.05, 4.69) is 20.4 Å². The van der Waals surface area contributed by atoms with Gasteiger partial charge < -0.3 is 10.4 Å². The molecule has 1 aromatic heterocycles. The molecule has 1 aliphatic carbocycles. The van der Waals surface area contributed by atoms with Crippen molar-refractivity contribution < 1.29 is 18.7 Å². The van der Waals surface area contributed by atoms with Gasteiger partial charge >= 0.3 is 0 Å². The summed E-state index contributed by atoms with van der Waals surface area (Å²) in [5.74, 6) is -0.887. The molecule has 1 saturated heterocycles. The van der Waals surface area contributed by atoms with Crippen molar-refractivity contribution in [2.24, 2.45) is 5.92 Å². The van der Waals surface area contributed by atoms with Crippen molar-refractivity contribution in [3.8, 4) is 0 Å². The molecule has 1 saturated carbocycles. The number of H-pyrrole nitrogens is 1. The minimum absolute atomic E-state index is 0.112. The maximum atomic E-state index is 14.8. The molecule has 2 heterocycles. The van der Waals surface area contributed by atoms with Crippen LogP contribution in [0.1, 0.15) is 37.4 Å². The third-order valence-electron chi connectivity index (χ3n) is 6.93. The molecule has 6 nitrogen and oxygen atoms in total. The fourth-order valence-electron chi connectivity index (χ4n) is 4.83. The number of carbonyl (C=O) groups is 1. The number of likely N-dealkylation sites (tertiary alicyclic amines) is 1. The van der Waals surface area contributed by atoms with E-state index in [0.29, 0.717) is 42.5 Å². The third-order valence-corrected chi connectivity index (χ3v) is 6.93. The van der Waals surface area contributed by atoms with Gasteiger partial charge in [0.25, 0.3) is 0 Å². The molecule has 172 valence electrons. The van der Waals surface area contributed by atoms with E-state index < -0.39 is 11.4 Å². The lowest BCUT2D eigenvalue weighted by Crippen LogP contribution is -2.51. The number of halogens is 2. The second-order valence-electron chi connectivity index (χ2n) is 9.07. The summed E-state index contributed by atoms with van der Waals surface area (Å²) >= 11 is 0. The molecule has 1 aliphatic heterocycles. The lowest BCUT2D eigenvalue weighted by atomic mass is 10.0. The number of nitrogens with one attached hydrogen (secondary N) is 2. The number of benzene rings is 2. The van der Waals surface area contributed by atoms with Crippen LogP contribution < -0.4 is 5.32 Å². The zero-order chi connectivity index (χ0) is 23.2. The SMILES string of the molecule is CC1CC1(C(=O)Nc1cc2c(/C=C/c3ccc(F)cc3)n[nH]c2cc1F)N1CCC(O)CC1. The molecule has 0 spiro atoms. The van der Waals surface area contributed by atoms with Crippen molar-refractivity contribution in [1.82, 2.24) is 15.1 Å². The van der Waals surface area contributed by atoms with Crippen LogP contribution in [0.15, 0.2) is 36.4 Å². The van der Waals surface area contributed by atoms with E-state index >= 15 is 0 Å². The van der Waals surface area contributed by atoms with Crippen LogP contribution in [0.3, 0.4) is 0 Å². The Balaban J connectivity index is 1.39. The highest BCUT2D eigenvalue weighted by molar-refractivity contribution is 6.02. The van der Waals surface area contributed by atoms with Crippen molar-refractivity contribution in [3.05, 3.63) is 59.3 Å². The van der Waals surface area contributed by atoms with Crippen LogP contribution >= 0.6 is 0 Å². The van der Waals surface area contributed by atoms with Gasteiger partial charge in [-0.15, -0.1) is 0 Å². The molecule has 2 unspecified atom stereocenters. The first-order valence-electron chi connectivity index (χ1n) is 11.2. The van der Waals surface area contributed by atoms with E-state index in [1.165, 1.54) is 18.2 Å². The Morgan fingerprint density at radius 3 is 2.58 bits per heavy atom. The van der Waals surface area contributed by atoms with Gasteiger partial charge in [-0.05, 0) is 55.0 Å². The minimum atomic E-state index is -0.650. The Morgan fingerprint density at radius 1 is 1.21 bits per heavy atom. The van der Waals surface area contributed by atoms with Crippen LogP contribution in [-0.4, -0.2) is 50.8 Å². The zero-order valence-corrected chi connectivity index (χ0v) is 18.3. The number of fused-ring (bicyclic) bond motifs is 1. The summed E-state index contributed by atoms with van der Waals surface area (Å²) in [4.78, 5) is 15.4. The molecule has 8 heteroatoms. The van der Waals surface area contributed by atoms with Crippen molar-refractivity contribution >= 4 is 34.6 Å². The van der Waals surface area contributed by atoms with E-state index in [1.807, 2.05) is 6.92 Å². The van der Waals surface area contributed by atoms with Crippen molar-refractivity contribution in [1.29, 1.82) is 0 Å². The molecular formula is C25H26F2N4O2. The number of piperidine rings is 1. The molecule has 3 aromatic rings. The fraction of sp³-hybridized carbons (Fsp3) is 0.360. The van der Waals surface area contributed by atoms with Gasteiger partial charge in [0.2, 0.25) is 5.91 Å². The lowest BCUT2D eigenvalue weighted by Gasteiger charge is -2.36. The topological polar surface area (TPSA) is 81.2 Å². The molecule has 2 atom stereocenters. The van der Waals surface area contributed by atoms with E-state index in [0.717, 1.165) is 12.0 Å². The van der Waals surface area contributed by atoms with Gasteiger partial charge in [0.15, 0.2) is 0 Å². The quantitative estimate of drug-likeness (QED) is 0.542. The first kappa shape index (κ1) is 21.7. The van der Waals surface area contributed by atoms with Crippen LogP contribution in [0.5, 0.6) is 0 Å². The molecule has 33 heavy (non-hydrogen) atoms. The number of amides is 1. The van der Waals surface area contributed by atoms with Crippen LogP contribution in [0, 0.1) is 17.6 Å². The Bertz CT molecular complexity index is 1220. The first-order valence-corrected chi connectivity index (χ1v) is 11.2. The highest BCUT2D eigenvalue weighted by Crippen LogP contribution is 2.50. The number of aromatic nitrogens is 2. The average molecular weight is 453 g/mol. The maximum Gasteiger partial charge on any atom is 0.245 e. The number of aliphatic hydroxyl groups excluding tert-OH is 1. The van der Waals surface area contributed by atoms with E-state index in [1.54, 1.807) is 30.4 Å². The van der Waals surface area contributed by atoms with Gasteiger partial charge in [0.05, 0.1) is 23.0 Å². The van der Waals surface area contributed by atoms with Crippen molar-refractivity contribution in [3.63, 3.8) is 0 Å². The smallest absolute Gasteiger partial charge is 0.245 e. The van der Waals surface area contributed by atoms with E-state index in [9.17, 15) is 18.7 Å². The first-order chi connectivity index (χ1) is 15.9. The normalized spacial score (nSPS) is 23.9. The number of nitrogens with zero attached hydrogens (tertiary/aromatic N) is 2. The number of hydrogen-bond acceptors (Lipinski definition) is 4. The third kappa shape index (κ3) is 4.05. The van der Waals surface area contributed by atoms with Gasteiger partial charge in [-0.3, -0.25) is 14.8 Å². The van der Waals surface area contributed by atoms with Gasteiger partial charge in [0.1, 0.15) is 17.2 Å². The summed E-state index contributed by atoms with van der Waals surface area (Å²) in [6, 6.07) is 8.99. The number of hydrogen-bond donors (Lipinski definition) is 3. The molecule has 2 fully saturated rings. The Kier molecular flexibility index (Phi) is 5.50. The molecule has 5 rings (SSSR count). The lowest BCUT2D eigenvalue weighted by molar-refractivity contribution is -0.124. The summed E-state index contributed by atoms with van der Waals surface area (Å²) < 4.78 is 27.9. The summed E-state index contributed by atoms with van der Waals surface area (Å²) in [5, 5.41) is 20.4. The van der Waals surface area contributed by atoms with Gasteiger partial charge in [0, 0.05) is 24.5 Å². The molecule has 1 amide bonds. The second kappa shape index (κ2) is 8.35. The molecule has 2 aliphatic rings. The highest BCUT2D eigenvalue weighted by Gasteiger charge is 2.61. The molecule has 0 bridgehead atoms. The summed E-state index contributed by atoms with van der Waals surface area (Å²) in [6.45, 7) is 3.33. The van der Waals surface area contributed by atoms with Crippen LogP contribution in [-0.2, 0) is 4.79 Å². The van der Waals surface area contributed by atoms with Crippen molar-refractivity contribution in [2.75, 3.05) is 18.4 Å². The summed E-state index contributed by atoms with van der Waals surface area (Å²) in [7, 11) is 0. The second-order valence-corrected chi connectivity index (χ2v) is 9.07. The predicted molar refractivity (Wildman–Crippen MR) is 123 cm³/mol. The molecular weight excluding hydrogens is 426 g/mol. The Morgan fingerprint density at radius 2 is 1.91 bits per heavy atom. The molecule has 0 radical (unpaired) electrons. The largest absolute Gasteiger partial charge is 0.393 e. The number of rotatable bonds is 5. The van der Waals surface area contributed by atoms with Crippen molar-refractivity contribution in [2.45, 2.75) is 37.8 Å². The molecule has 2 aromatic carbocycles. The van der Waals surface area contributed by atoms with Gasteiger partial charge in [-0.25, -0.2) is 8.78 Å². The van der Waals surface area contributed by atoms with E-state index in [-0.39, 0.29) is 29.4 Å². The van der Waals surface area contributed by atoms with Crippen LogP contribution in [0.4, 0.5) is 14.5 Å². The van der Waals surface area contributed by atoms with Gasteiger partial charge in [-0.1, -0.05) is 25.1 Å². The fourth-order valence-corrected chi connectivity index (χ4v) is 4.83. The van der Waals surface area contributed by atoms with Crippen LogP contribution in [0.25, 0.3) is 23.1 Å². The van der Waals surface area contributed by atoms with Crippen LogP contribution in [0.2, 0.25) is 0 Å². The summed E-state index contributed by atoms with van der Waals surface area (Å²) in [5.41, 5.74) is 1.37.